The van der Waals surface area contributed by atoms with Gasteiger partial charge in [-0.15, -0.1) is 0 Å². The van der Waals surface area contributed by atoms with Crippen molar-refractivity contribution in [2.24, 2.45) is 5.92 Å². The van der Waals surface area contributed by atoms with Gasteiger partial charge in [0.2, 0.25) is 0 Å². The van der Waals surface area contributed by atoms with E-state index in [1.807, 2.05) is 19.2 Å². The van der Waals surface area contributed by atoms with Gasteiger partial charge in [0.05, 0.1) is 6.10 Å². The molecule has 23 heavy (non-hydrogen) atoms. The molecule has 4 heteroatoms. The normalized spacial score (nSPS) is 21.7. The van der Waals surface area contributed by atoms with Crippen LogP contribution in [0, 0.1) is 19.8 Å². The van der Waals surface area contributed by atoms with E-state index in [-0.39, 0.29) is 12.2 Å². The number of aryl methyl sites for hydroxylation is 2. The second kappa shape index (κ2) is 6.67. The molecule has 1 aliphatic heterocycles. The summed E-state index contributed by atoms with van der Waals surface area (Å²) in [6.07, 6.45) is 2.19. The van der Waals surface area contributed by atoms with Crippen LogP contribution in [0.1, 0.15) is 36.9 Å². The van der Waals surface area contributed by atoms with Crippen LogP contribution in [0.25, 0.3) is 0 Å². The zero-order chi connectivity index (χ0) is 16.4. The molecule has 2 heterocycles. The Bertz CT molecular complexity index is 657. The van der Waals surface area contributed by atoms with E-state index in [4.69, 9.17) is 4.74 Å². The fourth-order valence-corrected chi connectivity index (χ4v) is 3.02. The molecule has 0 saturated carbocycles. The quantitative estimate of drug-likeness (QED) is 0.866. The van der Waals surface area contributed by atoms with Crippen LogP contribution in [0.5, 0.6) is 0 Å². The van der Waals surface area contributed by atoms with E-state index in [0.29, 0.717) is 5.92 Å². The summed E-state index contributed by atoms with van der Waals surface area (Å²) in [5, 5.41) is 0. The average molecular weight is 311 g/mol. The molecule has 0 N–H and O–H groups in total. The van der Waals surface area contributed by atoms with Crippen molar-refractivity contribution in [2.75, 3.05) is 18.0 Å². The van der Waals surface area contributed by atoms with Crippen LogP contribution < -0.4 is 4.90 Å². The molecule has 3 rings (SSSR count). The number of morpholine rings is 1. The van der Waals surface area contributed by atoms with E-state index in [1.54, 1.807) is 0 Å². The lowest BCUT2D eigenvalue weighted by molar-refractivity contribution is -0.0501. The van der Waals surface area contributed by atoms with Crippen molar-refractivity contribution >= 4 is 5.82 Å². The van der Waals surface area contributed by atoms with Gasteiger partial charge in [-0.3, -0.25) is 0 Å². The summed E-state index contributed by atoms with van der Waals surface area (Å²) in [6.45, 7) is 10.1. The standard InChI is InChI=1S/C19H25N3O/c1-13(2)17-11-22(19-14(3)10-20-15(4)21-19)12-18(23-17)16-8-6-5-7-9-16/h5-10,13,17-18H,11-12H2,1-4H3/t17-,18+/m1/s1. The van der Waals surface area contributed by atoms with E-state index in [9.17, 15) is 0 Å². The molecule has 0 bridgehead atoms. The van der Waals surface area contributed by atoms with Crippen LogP contribution in [-0.4, -0.2) is 29.2 Å². The lowest BCUT2D eigenvalue weighted by Gasteiger charge is -2.41. The molecule has 0 amide bonds. The van der Waals surface area contributed by atoms with Gasteiger partial charge in [-0.1, -0.05) is 44.2 Å². The van der Waals surface area contributed by atoms with Crippen molar-refractivity contribution in [1.29, 1.82) is 0 Å². The molecule has 0 spiro atoms. The van der Waals surface area contributed by atoms with Crippen molar-refractivity contribution in [1.82, 2.24) is 9.97 Å². The predicted octanol–water partition coefficient (Wildman–Crippen LogP) is 3.70. The topological polar surface area (TPSA) is 38.2 Å². The molecule has 1 aromatic heterocycles. The Labute approximate surface area is 138 Å². The molecule has 122 valence electrons. The highest BCUT2D eigenvalue weighted by atomic mass is 16.5. The largest absolute Gasteiger partial charge is 0.366 e. The van der Waals surface area contributed by atoms with Gasteiger partial charge >= 0.3 is 0 Å². The third kappa shape index (κ3) is 3.53. The molecule has 1 saturated heterocycles. The Morgan fingerprint density at radius 2 is 1.87 bits per heavy atom. The third-order valence-corrected chi connectivity index (χ3v) is 4.41. The first kappa shape index (κ1) is 15.9. The number of anilines is 1. The molecule has 0 radical (unpaired) electrons. The second-order valence-electron chi connectivity index (χ2n) is 6.65. The molecule has 1 aliphatic rings. The summed E-state index contributed by atoms with van der Waals surface area (Å²) in [6, 6.07) is 10.5. The minimum atomic E-state index is 0.0759. The minimum absolute atomic E-state index is 0.0759. The van der Waals surface area contributed by atoms with Gasteiger partial charge in [-0.05, 0) is 25.3 Å². The van der Waals surface area contributed by atoms with Crippen LogP contribution >= 0.6 is 0 Å². The Balaban J connectivity index is 1.92. The highest BCUT2D eigenvalue weighted by Crippen LogP contribution is 2.31. The Hall–Kier alpha value is -1.94. The Kier molecular flexibility index (Phi) is 4.62. The smallest absolute Gasteiger partial charge is 0.135 e. The molecule has 0 unspecified atom stereocenters. The highest BCUT2D eigenvalue weighted by Gasteiger charge is 2.31. The average Bonchev–Trinajstić information content (AvgIpc) is 2.57. The van der Waals surface area contributed by atoms with Crippen LogP contribution in [0.3, 0.4) is 0 Å². The van der Waals surface area contributed by atoms with Crippen LogP contribution in [0.15, 0.2) is 36.5 Å². The number of hydrogen-bond donors (Lipinski definition) is 0. The maximum Gasteiger partial charge on any atom is 0.135 e. The number of hydrogen-bond acceptors (Lipinski definition) is 4. The SMILES string of the molecule is Cc1ncc(C)c(N2C[C@@H](c3ccccc3)O[C@@H](C(C)C)C2)n1. The molecule has 0 aliphatic carbocycles. The fourth-order valence-electron chi connectivity index (χ4n) is 3.02. The van der Waals surface area contributed by atoms with E-state index < -0.39 is 0 Å². The van der Waals surface area contributed by atoms with E-state index in [1.165, 1.54) is 5.56 Å². The molecule has 1 fully saturated rings. The lowest BCUT2D eigenvalue weighted by atomic mass is 10.0. The maximum atomic E-state index is 6.37. The Morgan fingerprint density at radius 1 is 1.13 bits per heavy atom. The lowest BCUT2D eigenvalue weighted by Crippen LogP contribution is -2.46. The monoisotopic (exact) mass is 311 g/mol. The summed E-state index contributed by atoms with van der Waals surface area (Å²) in [5.74, 6) is 2.31. The summed E-state index contributed by atoms with van der Waals surface area (Å²) >= 11 is 0. The number of ether oxygens (including phenoxy) is 1. The maximum absolute atomic E-state index is 6.37. The van der Waals surface area contributed by atoms with E-state index in [0.717, 1.165) is 30.3 Å². The van der Waals surface area contributed by atoms with Crippen molar-refractivity contribution in [3.8, 4) is 0 Å². The molecule has 2 atom stereocenters. The van der Waals surface area contributed by atoms with Gasteiger partial charge in [-0.25, -0.2) is 9.97 Å². The number of rotatable bonds is 3. The Morgan fingerprint density at radius 3 is 2.57 bits per heavy atom. The fraction of sp³-hybridized carbons (Fsp3) is 0.474. The van der Waals surface area contributed by atoms with Crippen molar-refractivity contribution in [3.63, 3.8) is 0 Å². The molecule has 1 aromatic carbocycles. The van der Waals surface area contributed by atoms with Gasteiger partial charge in [0.1, 0.15) is 17.7 Å². The van der Waals surface area contributed by atoms with Gasteiger partial charge in [0.25, 0.3) is 0 Å². The van der Waals surface area contributed by atoms with Gasteiger partial charge in [-0.2, -0.15) is 0 Å². The van der Waals surface area contributed by atoms with Crippen LogP contribution in [0.4, 0.5) is 5.82 Å². The molecular formula is C19H25N3O. The van der Waals surface area contributed by atoms with Gasteiger partial charge in [0.15, 0.2) is 0 Å². The van der Waals surface area contributed by atoms with Crippen LogP contribution in [-0.2, 0) is 4.74 Å². The zero-order valence-electron chi connectivity index (χ0n) is 14.4. The third-order valence-electron chi connectivity index (χ3n) is 4.41. The summed E-state index contributed by atoms with van der Waals surface area (Å²) < 4.78 is 6.37. The number of aromatic nitrogens is 2. The molecule has 4 nitrogen and oxygen atoms in total. The van der Waals surface area contributed by atoms with Crippen molar-refractivity contribution in [2.45, 2.75) is 39.9 Å². The second-order valence-corrected chi connectivity index (χ2v) is 6.65. The summed E-state index contributed by atoms with van der Waals surface area (Å²) in [4.78, 5) is 11.3. The van der Waals surface area contributed by atoms with E-state index >= 15 is 0 Å². The zero-order valence-corrected chi connectivity index (χ0v) is 14.4. The summed E-state index contributed by atoms with van der Waals surface area (Å²) in [5.41, 5.74) is 2.35. The van der Waals surface area contributed by atoms with Gasteiger partial charge < -0.3 is 9.64 Å². The molecule has 2 aromatic rings. The highest BCUT2D eigenvalue weighted by molar-refractivity contribution is 5.46. The predicted molar refractivity (Wildman–Crippen MR) is 92.6 cm³/mol. The van der Waals surface area contributed by atoms with E-state index in [2.05, 4.69) is 59.9 Å². The van der Waals surface area contributed by atoms with Crippen molar-refractivity contribution in [3.05, 3.63) is 53.5 Å². The minimum Gasteiger partial charge on any atom is -0.366 e. The van der Waals surface area contributed by atoms with Crippen molar-refractivity contribution < 1.29 is 4.74 Å². The summed E-state index contributed by atoms with van der Waals surface area (Å²) in [7, 11) is 0. The first-order chi connectivity index (χ1) is 11.0. The van der Waals surface area contributed by atoms with Gasteiger partial charge in [0, 0.05) is 24.8 Å². The number of benzene rings is 1. The molecular weight excluding hydrogens is 286 g/mol. The first-order valence-electron chi connectivity index (χ1n) is 8.30. The number of nitrogens with zero attached hydrogens (tertiary/aromatic N) is 3. The van der Waals surface area contributed by atoms with Crippen LogP contribution in [0.2, 0.25) is 0 Å². The first-order valence-corrected chi connectivity index (χ1v) is 8.30.